The third kappa shape index (κ3) is 1.15. The zero-order valence-corrected chi connectivity index (χ0v) is 7.83. The first-order valence-corrected chi connectivity index (χ1v) is 4.80. The average Bonchev–Trinajstić information content (AvgIpc) is 2.49. The van der Waals surface area contributed by atoms with Gasteiger partial charge in [-0.3, -0.25) is 0 Å². The largest absolute Gasteiger partial charge is 0.335 e. The fourth-order valence-electron chi connectivity index (χ4n) is 2.08. The Labute approximate surface area is 73.6 Å². The van der Waals surface area contributed by atoms with Gasteiger partial charge in [-0.25, -0.2) is 4.98 Å². The molecule has 2 heteroatoms. The van der Waals surface area contributed by atoms with Crippen molar-refractivity contribution in [1.29, 1.82) is 0 Å². The molecule has 0 amide bonds. The summed E-state index contributed by atoms with van der Waals surface area (Å²) in [6, 6.07) is 0. The molecule has 0 aromatic carbocycles. The van der Waals surface area contributed by atoms with Gasteiger partial charge in [-0.2, -0.15) is 0 Å². The van der Waals surface area contributed by atoms with Crippen molar-refractivity contribution < 1.29 is 0 Å². The number of rotatable bonds is 1. The highest BCUT2D eigenvalue weighted by atomic mass is 15.1. The molecule has 66 valence electrons. The second-order valence-electron chi connectivity index (χ2n) is 3.97. The van der Waals surface area contributed by atoms with E-state index in [4.69, 9.17) is 0 Å². The van der Waals surface area contributed by atoms with E-state index in [0.29, 0.717) is 5.92 Å². The lowest BCUT2D eigenvalue weighted by Gasteiger charge is -2.26. The predicted molar refractivity (Wildman–Crippen MR) is 49.0 cm³/mol. The number of imidazole rings is 1. The van der Waals surface area contributed by atoms with E-state index in [1.165, 1.54) is 25.2 Å². The van der Waals surface area contributed by atoms with Crippen LogP contribution in [0.25, 0.3) is 0 Å². The number of nitrogens with zero attached hydrogens (tertiary/aromatic N) is 2. The Hall–Kier alpha value is -0.790. The fraction of sp³-hybridized carbons (Fsp3) is 0.700. The second-order valence-corrected chi connectivity index (χ2v) is 3.97. The third-order valence-corrected chi connectivity index (χ3v) is 2.80. The van der Waals surface area contributed by atoms with Crippen LogP contribution in [-0.4, -0.2) is 9.55 Å². The molecule has 0 bridgehead atoms. The van der Waals surface area contributed by atoms with Crippen LogP contribution < -0.4 is 0 Å². The van der Waals surface area contributed by atoms with Crippen LogP contribution in [0.3, 0.4) is 0 Å². The molecule has 2 nitrogen and oxygen atoms in total. The Bertz CT molecular complexity index is 263. The molecule has 0 saturated heterocycles. The SMILES string of the molecule is CC(C)[C@@H]1CCCn2ccnc21. The molecule has 0 unspecified atom stereocenters. The van der Waals surface area contributed by atoms with Gasteiger partial charge in [0, 0.05) is 24.9 Å². The molecule has 1 atom stereocenters. The van der Waals surface area contributed by atoms with Crippen molar-refractivity contribution in [3.05, 3.63) is 18.2 Å². The predicted octanol–water partition coefficient (Wildman–Crippen LogP) is 2.42. The topological polar surface area (TPSA) is 17.8 Å². The Morgan fingerprint density at radius 3 is 3.17 bits per heavy atom. The van der Waals surface area contributed by atoms with Crippen LogP contribution in [-0.2, 0) is 6.54 Å². The maximum absolute atomic E-state index is 4.42. The maximum Gasteiger partial charge on any atom is 0.112 e. The third-order valence-electron chi connectivity index (χ3n) is 2.80. The summed E-state index contributed by atoms with van der Waals surface area (Å²) in [5, 5.41) is 0. The van der Waals surface area contributed by atoms with Gasteiger partial charge in [-0.15, -0.1) is 0 Å². The highest BCUT2D eigenvalue weighted by Crippen LogP contribution is 2.31. The summed E-state index contributed by atoms with van der Waals surface area (Å²) in [6.45, 7) is 5.74. The maximum atomic E-state index is 4.42. The smallest absolute Gasteiger partial charge is 0.112 e. The molecule has 0 aliphatic carbocycles. The van der Waals surface area contributed by atoms with Crippen molar-refractivity contribution in [3.8, 4) is 0 Å². The number of hydrogen-bond donors (Lipinski definition) is 0. The van der Waals surface area contributed by atoms with Crippen molar-refractivity contribution in [2.24, 2.45) is 5.92 Å². The Morgan fingerprint density at radius 2 is 2.42 bits per heavy atom. The van der Waals surface area contributed by atoms with E-state index < -0.39 is 0 Å². The lowest BCUT2D eigenvalue weighted by atomic mass is 9.88. The molecule has 0 spiro atoms. The first kappa shape index (κ1) is 7.84. The molecular formula is C10H16N2. The van der Waals surface area contributed by atoms with Crippen LogP contribution >= 0.6 is 0 Å². The summed E-state index contributed by atoms with van der Waals surface area (Å²) in [6.07, 6.45) is 6.65. The molecule has 2 heterocycles. The first-order valence-electron chi connectivity index (χ1n) is 4.80. The van der Waals surface area contributed by atoms with Crippen LogP contribution in [0.4, 0.5) is 0 Å². The second kappa shape index (κ2) is 2.92. The van der Waals surface area contributed by atoms with E-state index in [1.54, 1.807) is 0 Å². The van der Waals surface area contributed by atoms with Gasteiger partial charge in [0.2, 0.25) is 0 Å². The van der Waals surface area contributed by atoms with E-state index in [9.17, 15) is 0 Å². The van der Waals surface area contributed by atoms with Gasteiger partial charge in [0.25, 0.3) is 0 Å². The van der Waals surface area contributed by atoms with Crippen LogP contribution in [0.15, 0.2) is 12.4 Å². The normalized spacial score (nSPS) is 22.8. The van der Waals surface area contributed by atoms with E-state index in [2.05, 4.69) is 29.6 Å². The molecule has 1 aliphatic heterocycles. The Kier molecular flexibility index (Phi) is 1.91. The van der Waals surface area contributed by atoms with Crippen molar-refractivity contribution in [2.45, 2.75) is 39.2 Å². The van der Waals surface area contributed by atoms with Crippen LogP contribution in [0.5, 0.6) is 0 Å². The molecule has 0 fully saturated rings. The summed E-state index contributed by atoms with van der Waals surface area (Å²) >= 11 is 0. The lowest BCUT2D eigenvalue weighted by Crippen LogP contribution is -2.19. The standard InChI is InChI=1S/C10H16N2/c1-8(2)9-4-3-6-12-7-5-11-10(9)12/h5,7-9H,3-4,6H2,1-2H3/t9-/m0/s1. The van der Waals surface area contributed by atoms with E-state index >= 15 is 0 Å². The van der Waals surface area contributed by atoms with Gasteiger partial charge >= 0.3 is 0 Å². The summed E-state index contributed by atoms with van der Waals surface area (Å²) in [4.78, 5) is 4.42. The summed E-state index contributed by atoms with van der Waals surface area (Å²) in [7, 11) is 0. The summed E-state index contributed by atoms with van der Waals surface area (Å²) in [5.41, 5.74) is 0. The molecule has 0 radical (unpaired) electrons. The number of aromatic nitrogens is 2. The minimum absolute atomic E-state index is 0.689. The first-order chi connectivity index (χ1) is 5.79. The average molecular weight is 164 g/mol. The minimum atomic E-state index is 0.689. The Balaban J connectivity index is 2.31. The van der Waals surface area contributed by atoms with Gasteiger partial charge in [0.1, 0.15) is 5.82 Å². The van der Waals surface area contributed by atoms with Crippen molar-refractivity contribution in [2.75, 3.05) is 0 Å². The fourth-order valence-corrected chi connectivity index (χ4v) is 2.08. The summed E-state index contributed by atoms with van der Waals surface area (Å²) < 4.78 is 2.30. The molecule has 0 N–H and O–H groups in total. The van der Waals surface area contributed by atoms with Crippen LogP contribution in [0, 0.1) is 5.92 Å². The van der Waals surface area contributed by atoms with E-state index in [0.717, 1.165) is 5.92 Å². The number of fused-ring (bicyclic) bond motifs is 1. The lowest BCUT2D eigenvalue weighted by molar-refractivity contribution is 0.368. The molecule has 1 aliphatic rings. The highest BCUT2D eigenvalue weighted by Gasteiger charge is 2.23. The monoisotopic (exact) mass is 164 g/mol. The van der Waals surface area contributed by atoms with Gasteiger partial charge in [0.15, 0.2) is 0 Å². The minimum Gasteiger partial charge on any atom is -0.335 e. The van der Waals surface area contributed by atoms with E-state index in [1.807, 2.05) is 6.20 Å². The van der Waals surface area contributed by atoms with E-state index in [-0.39, 0.29) is 0 Å². The van der Waals surface area contributed by atoms with Gasteiger partial charge in [0.05, 0.1) is 0 Å². The molecule has 1 aromatic rings. The van der Waals surface area contributed by atoms with Crippen LogP contribution in [0.1, 0.15) is 38.4 Å². The number of hydrogen-bond acceptors (Lipinski definition) is 1. The van der Waals surface area contributed by atoms with Gasteiger partial charge in [-0.1, -0.05) is 13.8 Å². The zero-order valence-electron chi connectivity index (χ0n) is 7.83. The highest BCUT2D eigenvalue weighted by molar-refractivity contribution is 5.04. The Morgan fingerprint density at radius 1 is 1.58 bits per heavy atom. The number of aryl methyl sites for hydroxylation is 1. The van der Waals surface area contributed by atoms with Crippen molar-refractivity contribution in [3.63, 3.8) is 0 Å². The molecule has 12 heavy (non-hydrogen) atoms. The summed E-state index contributed by atoms with van der Waals surface area (Å²) in [5.74, 6) is 2.72. The van der Waals surface area contributed by atoms with Crippen molar-refractivity contribution in [1.82, 2.24) is 9.55 Å². The molecule has 0 saturated carbocycles. The molecular weight excluding hydrogens is 148 g/mol. The quantitative estimate of drug-likeness (QED) is 0.623. The molecule has 1 aromatic heterocycles. The van der Waals surface area contributed by atoms with Crippen molar-refractivity contribution >= 4 is 0 Å². The van der Waals surface area contributed by atoms with Crippen LogP contribution in [0.2, 0.25) is 0 Å². The van der Waals surface area contributed by atoms with Gasteiger partial charge in [-0.05, 0) is 18.8 Å². The zero-order chi connectivity index (χ0) is 8.55. The van der Waals surface area contributed by atoms with Gasteiger partial charge < -0.3 is 4.57 Å². The molecule has 2 rings (SSSR count).